The van der Waals surface area contributed by atoms with Gasteiger partial charge < -0.3 is 9.80 Å². The summed E-state index contributed by atoms with van der Waals surface area (Å²) < 4.78 is 0. The Labute approximate surface area is 105 Å². The molecule has 4 heteroatoms. The fraction of sp³-hybridized carbons (Fsp3) is 0.917. The van der Waals surface area contributed by atoms with Crippen molar-refractivity contribution < 1.29 is 4.79 Å². The van der Waals surface area contributed by atoms with Crippen molar-refractivity contribution in [2.24, 2.45) is 0 Å². The maximum atomic E-state index is 11.9. The molecule has 0 rings (SSSR count). The van der Waals surface area contributed by atoms with Gasteiger partial charge in [0.25, 0.3) is 0 Å². The molecule has 0 N–H and O–H groups in total. The first-order valence-corrected chi connectivity index (χ1v) is 6.63. The van der Waals surface area contributed by atoms with E-state index in [1.54, 1.807) is 0 Å². The van der Waals surface area contributed by atoms with Crippen LogP contribution in [0.1, 0.15) is 32.6 Å². The zero-order chi connectivity index (χ0) is 12.4. The number of rotatable bonds is 9. The van der Waals surface area contributed by atoms with Crippen molar-refractivity contribution in [3.05, 3.63) is 0 Å². The van der Waals surface area contributed by atoms with Gasteiger partial charge in [-0.25, -0.2) is 0 Å². The van der Waals surface area contributed by atoms with Gasteiger partial charge in [-0.05, 0) is 33.4 Å². The van der Waals surface area contributed by atoms with E-state index < -0.39 is 0 Å². The summed E-state index contributed by atoms with van der Waals surface area (Å²) in [6.07, 6.45) is 3.50. The van der Waals surface area contributed by atoms with E-state index in [-0.39, 0.29) is 5.91 Å². The lowest BCUT2D eigenvalue weighted by molar-refractivity contribution is -0.131. The van der Waals surface area contributed by atoms with Crippen LogP contribution in [-0.4, -0.2) is 55.3 Å². The minimum atomic E-state index is 0.272. The van der Waals surface area contributed by atoms with Crippen molar-refractivity contribution in [1.29, 1.82) is 0 Å². The minimum Gasteiger partial charge on any atom is -0.341 e. The number of alkyl halides is 1. The Balaban J connectivity index is 3.92. The van der Waals surface area contributed by atoms with Gasteiger partial charge in [0, 0.05) is 31.9 Å². The van der Waals surface area contributed by atoms with Crippen molar-refractivity contribution in [3.63, 3.8) is 0 Å². The molecule has 0 aliphatic heterocycles. The average molecular weight is 249 g/mol. The summed E-state index contributed by atoms with van der Waals surface area (Å²) in [5.74, 6) is 0.924. The predicted octanol–water partition coefficient (Wildman–Crippen LogP) is 2.20. The Morgan fingerprint density at radius 1 is 1.12 bits per heavy atom. The first kappa shape index (κ1) is 15.7. The predicted molar refractivity (Wildman–Crippen MR) is 70.0 cm³/mol. The quantitative estimate of drug-likeness (QED) is 0.461. The van der Waals surface area contributed by atoms with Gasteiger partial charge in [0.2, 0.25) is 5.91 Å². The minimum absolute atomic E-state index is 0.272. The Hall–Kier alpha value is -0.280. The van der Waals surface area contributed by atoms with Gasteiger partial charge in [-0.3, -0.25) is 4.79 Å². The molecule has 0 aromatic rings. The van der Waals surface area contributed by atoms with Crippen molar-refractivity contribution in [1.82, 2.24) is 9.80 Å². The standard InChI is InChI=1S/C12H25ClN2O/c1-4-9-15(11-10-14(2)3)12(16)7-5-6-8-13/h4-11H2,1-3H3. The molecular weight excluding hydrogens is 224 g/mol. The van der Waals surface area contributed by atoms with E-state index in [9.17, 15) is 4.79 Å². The highest BCUT2D eigenvalue weighted by Gasteiger charge is 2.11. The summed E-state index contributed by atoms with van der Waals surface area (Å²) in [5.41, 5.74) is 0. The van der Waals surface area contributed by atoms with Crippen LogP contribution in [0.3, 0.4) is 0 Å². The number of hydrogen-bond donors (Lipinski definition) is 0. The molecule has 0 heterocycles. The van der Waals surface area contributed by atoms with Gasteiger partial charge in [0.1, 0.15) is 0 Å². The smallest absolute Gasteiger partial charge is 0.222 e. The van der Waals surface area contributed by atoms with Gasteiger partial charge in [0.15, 0.2) is 0 Å². The number of unbranched alkanes of at least 4 members (excludes halogenated alkanes) is 1. The van der Waals surface area contributed by atoms with E-state index in [1.807, 2.05) is 19.0 Å². The molecule has 0 fully saturated rings. The summed E-state index contributed by atoms with van der Waals surface area (Å²) >= 11 is 5.60. The van der Waals surface area contributed by atoms with Crippen LogP contribution in [0.5, 0.6) is 0 Å². The first-order valence-electron chi connectivity index (χ1n) is 6.10. The molecule has 3 nitrogen and oxygen atoms in total. The molecule has 1 amide bonds. The van der Waals surface area contributed by atoms with Gasteiger partial charge in [0.05, 0.1) is 0 Å². The summed E-state index contributed by atoms with van der Waals surface area (Å²) in [4.78, 5) is 16.0. The van der Waals surface area contributed by atoms with E-state index in [0.717, 1.165) is 38.9 Å². The second-order valence-corrected chi connectivity index (χ2v) is 4.71. The van der Waals surface area contributed by atoms with Gasteiger partial charge in [-0.15, -0.1) is 11.6 Å². The highest BCUT2D eigenvalue weighted by atomic mass is 35.5. The van der Waals surface area contributed by atoms with Crippen molar-refractivity contribution >= 4 is 17.5 Å². The second-order valence-electron chi connectivity index (χ2n) is 4.33. The lowest BCUT2D eigenvalue weighted by Crippen LogP contribution is -2.37. The maximum Gasteiger partial charge on any atom is 0.222 e. The van der Waals surface area contributed by atoms with Crippen molar-refractivity contribution in [2.75, 3.05) is 39.6 Å². The van der Waals surface area contributed by atoms with E-state index >= 15 is 0 Å². The third-order valence-electron chi connectivity index (χ3n) is 2.44. The summed E-state index contributed by atoms with van der Waals surface area (Å²) in [5, 5.41) is 0. The molecule has 0 spiro atoms. The first-order chi connectivity index (χ1) is 7.61. The van der Waals surface area contributed by atoms with E-state index in [0.29, 0.717) is 12.3 Å². The molecule has 0 radical (unpaired) electrons. The number of nitrogens with zero attached hydrogens (tertiary/aromatic N) is 2. The van der Waals surface area contributed by atoms with Gasteiger partial charge in [-0.1, -0.05) is 6.92 Å². The number of carbonyl (C=O) groups excluding carboxylic acids is 1. The van der Waals surface area contributed by atoms with E-state index in [2.05, 4.69) is 11.8 Å². The zero-order valence-electron chi connectivity index (χ0n) is 10.8. The third kappa shape index (κ3) is 7.94. The lowest BCUT2D eigenvalue weighted by atomic mass is 10.2. The Morgan fingerprint density at radius 3 is 2.31 bits per heavy atom. The normalized spacial score (nSPS) is 10.8. The second kappa shape index (κ2) is 9.91. The summed E-state index contributed by atoms with van der Waals surface area (Å²) in [6.45, 7) is 4.74. The van der Waals surface area contributed by atoms with Crippen molar-refractivity contribution in [3.8, 4) is 0 Å². The molecule has 0 saturated carbocycles. The highest BCUT2D eigenvalue weighted by molar-refractivity contribution is 6.17. The fourth-order valence-corrected chi connectivity index (χ4v) is 1.67. The van der Waals surface area contributed by atoms with Crippen LogP contribution in [-0.2, 0) is 4.79 Å². The summed E-state index contributed by atoms with van der Waals surface area (Å²) in [6, 6.07) is 0. The van der Waals surface area contributed by atoms with Crippen LogP contribution in [0.15, 0.2) is 0 Å². The van der Waals surface area contributed by atoms with Crippen LogP contribution in [0.2, 0.25) is 0 Å². The SMILES string of the molecule is CCCN(CCN(C)C)C(=O)CCCCCl. The summed E-state index contributed by atoms with van der Waals surface area (Å²) in [7, 11) is 4.06. The number of hydrogen-bond acceptors (Lipinski definition) is 2. The molecule has 0 saturated heterocycles. The Bertz CT molecular complexity index is 186. The number of halogens is 1. The Morgan fingerprint density at radius 2 is 1.81 bits per heavy atom. The molecule has 16 heavy (non-hydrogen) atoms. The molecular formula is C12H25ClN2O. The highest BCUT2D eigenvalue weighted by Crippen LogP contribution is 2.03. The molecule has 0 bridgehead atoms. The average Bonchev–Trinajstić information content (AvgIpc) is 2.24. The van der Waals surface area contributed by atoms with Crippen LogP contribution in [0, 0.1) is 0 Å². The molecule has 96 valence electrons. The molecule has 0 unspecified atom stereocenters. The van der Waals surface area contributed by atoms with Gasteiger partial charge >= 0.3 is 0 Å². The number of likely N-dealkylation sites (N-methyl/N-ethyl adjacent to an activating group) is 1. The zero-order valence-corrected chi connectivity index (χ0v) is 11.6. The van der Waals surface area contributed by atoms with Crippen LogP contribution < -0.4 is 0 Å². The van der Waals surface area contributed by atoms with Crippen LogP contribution >= 0.6 is 11.6 Å². The van der Waals surface area contributed by atoms with Crippen LogP contribution in [0.25, 0.3) is 0 Å². The Kier molecular flexibility index (Phi) is 9.74. The molecule has 0 aromatic carbocycles. The third-order valence-corrected chi connectivity index (χ3v) is 2.70. The molecule has 0 atom stereocenters. The monoisotopic (exact) mass is 248 g/mol. The van der Waals surface area contributed by atoms with Crippen molar-refractivity contribution in [2.45, 2.75) is 32.6 Å². The molecule has 0 aliphatic carbocycles. The molecule has 0 aromatic heterocycles. The fourth-order valence-electron chi connectivity index (χ4n) is 1.48. The largest absolute Gasteiger partial charge is 0.341 e. The topological polar surface area (TPSA) is 23.6 Å². The van der Waals surface area contributed by atoms with E-state index in [1.165, 1.54) is 0 Å². The van der Waals surface area contributed by atoms with E-state index in [4.69, 9.17) is 11.6 Å². The maximum absolute atomic E-state index is 11.9. The van der Waals surface area contributed by atoms with Gasteiger partial charge in [-0.2, -0.15) is 0 Å². The number of carbonyl (C=O) groups is 1. The number of amides is 1. The van der Waals surface area contributed by atoms with Crippen LogP contribution in [0.4, 0.5) is 0 Å². The molecule has 0 aliphatic rings. The lowest BCUT2D eigenvalue weighted by Gasteiger charge is -2.24.